The molecule has 1 aliphatic heterocycles. The van der Waals surface area contributed by atoms with E-state index in [9.17, 15) is 9.59 Å². The van der Waals surface area contributed by atoms with Crippen LogP contribution in [-0.4, -0.2) is 50.7 Å². The van der Waals surface area contributed by atoms with Crippen molar-refractivity contribution in [1.82, 2.24) is 24.2 Å². The molecule has 3 aromatic rings. The van der Waals surface area contributed by atoms with Crippen molar-refractivity contribution in [1.29, 1.82) is 0 Å². The van der Waals surface area contributed by atoms with Gasteiger partial charge in [0.2, 0.25) is 18.6 Å². The molecular formula is C20H21N5O5S. The van der Waals surface area contributed by atoms with Crippen molar-refractivity contribution in [3.63, 3.8) is 0 Å². The normalized spacial score (nSPS) is 13.1. The third-order valence-corrected chi connectivity index (χ3v) is 5.42. The SMILES string of the molecule is CCOC(=O)C(CC(=O)NCCc1ccc2c(c1)OCO2)c1nc(-n2ccnc2)ns1. The number of hydrogen-bond acceptors (Lipinski definition) is 9. The molecule has 0 fully saturated rings. The molecule has 0 spiro atoms. The third-order valence-electron chi connectivity index (χ3n) is 4.60. The summed E-state index contributed by atoms with van der Waals surface area (Å²) in [6.45, 7) is 2.58. The number of imidazole rings is 1. The molecule has 162 valence electrons. The maximum Gasteiger partial charge on any atom is 0.316 e. The Morgan fingerprint density at radius 3 is 3.00 bits per heavy atom. The first-order valence-corrected chi connectivity index (χ1v) is 10.5. The van der Waals surface area contributed by atoms with Crippen LogP contribution >= 0.6 is 11.5 Å². The monoisotopic (exact) mass is 443 g/mol. The van der Waals surface area contributed by atoms with Gasteiger partial charge in [0.15, 0.2) is 11.5 Å². The fraction of sp³-hybridized carbons (Fsp3) is 0.350. The van der Waals surface area contributed by atoms with Gasteiger partial charge in [-0.05, 0) is 42.6 Å². The Morgan fingerprint density at radius 2 is 2.19 bits per heavy atom. The van der Waals surface area contributed by atoms with Crippen molar-refractivity contribution in [3.05, 3.63) is 47.5 Å². The highest BCUT2D eigenvalue weighted by Gasteiger charge is 2.29. The molecule has 1 aromatic carbocycles. The van der Waals surface area contributed by atoms with E-state index in [1.807, 2.05) is 18.2 Å². The Morgan fingerprint density at radius 1 is 1.32 bits per heavy atom. The molecule has 1 N–H and O–H groups in total. The lowest BCUT2D eigenvalue weighted by atomic mass is 10.1. The molecule has 2 aromatic heterocycles. The topological polar surface area (TPSA) is 117 Å². The minimum absolute atomic E-state index is 0.0709. The van der Waals surface area contributed by atoms with Crippen LogP contribution in [0.2, 0.25) is 0 Å². The Bertz CT molecular complexity index is 1050. The van der Waals surface area contributed by atoms with E-state index in [0.29, 0.717) is 29.7 Å². The summed E-state index contributed by atoms with van der Waals surface area (Å²) in [5.74, 6) is 0.239. The summed E-state index contributed by atoms with van der Waals surface area (Å²) < 4.78 is 21.7. The second-order valence-corrected chi connectivity index (χ2v) is 7.48. The van der Waals surface area contributed by atoms with E-state index >= 15 is 0 Å². The number of esters is 1. The van der Waals surface area contributed by atoms with E-state index in [1.165, 1.54) is 0 Å². The maximum atomic E-state index is 12.5. The molecule has 0 saturated heterocycles. The standard InChI is InChI=1S/C20H21N5O5S/c1-2-28-19(27)14(18-23-20(24-31-18)25-8-7-21-11-25)10-17(26)22-6-5-13-3-4-15-16(9-13)30-12-29-15/h3-4,7-9,11,14H,2,5-6,10,12H2,1H3,(H,22,26). The summed E-state index contributed by atoms with van der Waals surface area (Å²) in [5.41, 5.74) is 1.01. The van der Waals surface area contributed by atoms with Gasteiger partial charge in [-0.1, -0.05) is 6.07 Å². The molecule has 1 atom stereocenters. The second kappa shape index (κ2) is 9.56. The molecule has 1 unspecified atom stereocenters. The summed E-state index contributed by atoms with van der Waals surface area (Å²) in [7, 11) is 0. The average molecular weight is 443 g/mol. The van der Waals surface area contributed by atoms with Gasteiger partial charge in [0.25, 0.3) is 0 Å². The first kappa shape index (κ1) is 20.8. The first-order valence-electron chi connectivity index (χ1n) is 9.78. The second-order valence-electron chi connectivity index (χ2n) is 6.70. The number of benzene rings is 1. The molecule has 4 rings (SSSR count). The van der Waals surface area contributed by atoms with Gasteiger partial charge < -0.3 is 19.5 Å². The molecule has 10 nitrogen and oxygen atoms in total. The van der Waals surface area contributed by atoms with Crippen LogP contribution in [-0.2, 0) is 20.7 Å². The lowest BCUT2D eigenvalue weighted by molar-refractivity contribution is -0.146. The van der Waals surface area contributed by atoms with Crippen molar-refractivity contribution in [2.75, 3.05) is 19.9 Å². The van der Waals surface area contributed by atoms with E-state index in [1.54, 1.807) is 30.2 Å². The van der Waals surface area contributed by atoms with Crippen molar-refractivity contribution < 1.29 is 23.8 Å². The largest absolute Gasteiger partial charge is 0.465 e. The number of fused-ring (bicyclic) bond motifs is 1. The molecule has 0 radical (unpaired) electrons. The van der Waals surface area contributed by atoms with Gasteiger partial charge >= 0.3 is 5.97 Å². The molecule has 3 heterocycles. The van der Waals surface area contributed by atoms with Crippen LogP contribution in [0.25, 0.3) is 5.95 Å². The van der Waals surface area contributed by atoms with Crippen LogP contribution in [0, 0.1) is 0 Å². The Hall–Kier alpha value is -3.47. The summed E-state index contributed by atoms with van der Waals surface area (Å²) in [6.07, 6.45) is 5.42. The quantitative estimate of drug-likeness (QED) is 0.498. The van der Waals surface area contributed by atoms with Crippen LogP contribution in [0.3, 0.4) is 0 Å². The number of carbonyl (C=O) groups excluding carboxylic acids is 2. The predicted molar refractivity (Wildman–Crippen MR) is 110 cm³/mol. The lowest BCUT2D eigenvalue weighted by Gasteiger charge is -2.13. The van der Waals surface area contributed by atoms with Gasteiger partial charge in [-0.3, -0.25) is 14.2 Å². The van der Waals surface area contributed by atoms with E-state index < -0.39 is 11.9 Å². The molecule has 0 bridgehead atoms. The summed E-state index contributed by atoms with van der Waals surface area (Å²) in [4.78, 5) is 33.4. The fourth-order valence-electron chi connectivity index (χ4n) is 3.07. The lowest BCUT2D eigenvalue weighted by Crippen LogP contribution is -2.29. The van der Waals surface area contributed by atoms with Crippen LogP contribution < -0.4 is 14.8 Å². The molecule has 31 heavy (non-hydrogen) atoms. The van der Waals surface area contributed by atoms with Crippen molar-refractivity contribution in [2.45, 2.75) is 25.7 Å². The minimum Gasteiger partial charge on any atom is -0.465 e. The van der Waals surface area contributed by atoms with Gasteiger partial charge in [-0.25, -0.2) is 9.97 Å². The highest BCUT2D eigenvalue weighted by Crippen LogP contribution is 2.32. The van der Waals surface area contributed by atoms with Crippen LogP contribution in [0.15, 0.2) is 36.9 Å². The van der Waals surface area contributed by atoms with Gasteiger partial charge in [0.05, 0.1) is 6.61 Å². The van der Waals surface area contributed by atoms with Gasteiger partial charge in [0, 0.05) is 25.4 Å². The van der Waals surface area contributed by atoms with E-state index in [-0.39, 0.29) is 25.7 Å². The average Bonchev–Trinajstić information content (AvgIpc) is 3.53. The Balaban J connectivity index is 1.36. The summed E-state index contributed by atoms with van der Waals surface area (Å²) in [5, 5.41) is 3.28. The van der Waals surface area contributed by atoms with Crippen LogP contribution in [0.1, 0.15) is 29.8 Å². The highest BCUT2D eigenvalue weighted by molar-refractivity contribution is 7.05. The molecule has 11 heteroatoms. The predicted octanol–water partition coefficient (Wildman–Crippen LogP) is 1.85. The van der Waals surface area contributed by atoms with Crippen LogP contribution in [0.5, 0.6) is 11.5 Å². The number of amides is 1. The number of hydrogen-bond donors (Lipinski definition) is 1. The number of nitrogens with one attached hydrogen (secondary N) is 1. The number of carbonyl (C=O) groups is 2. The maximum absolute atomic E-state index is 12.5. The van der Waals surface area contributed by atoms with Crippen molar-refractivity contribution in [2.24, 2.45) is 0 Å². The third kappa shape index (κ3) is 5.00. The Kier molecular flexibility index (Phi) is 6.41. The first-order chi connectivity index (χ1) is 15.1. The summed E-state index contributed by atoms with van der Waals surface area (Å²) in [6, 6.07) is 5.68. The smallest absolute Gasteiger partial charge is 0.316 e. The Labute approximate surface area is 182 Å². The number of ether oxygens (including phenoxy) is 3. The molecule has 0 saturated carbocycles. The van der Waals surface area contributed by atoms with E-state index in [0.717, 1.165) is 22.8 Å². The zero-order chi connectivity index (χ0) is 21.6. The van der Waals surface area contributed by atoms with Crippen molar-refractivity contribution >= 4 is 23.4 Å². The fourth-order valence-corrected chi connectivity index (χ4v) is 3.80. The molecule has 1 amide bonds. The molecule has 0 aliphatic carbocycles. The van der Waals surface area contributed by atoms with E-state index in [4.69, 9.17) is 14.2 Å². The number of nitrogens with zero attached hydrogens (tertiary/aromatic N) is 4. The minimum atomic E-state index is -0.819. The zero-order valence-electron chi connectivity index (χ0n) is 16.8. The van der Waals surface area contributed by atoms with Gasteiger partial charge in [-0.15, -0.1) is 0 Å². The van der Waals surface area contributed by atoms with E-state index in [2.05, 4.69) is 19.7 Å². The molecule has 1 aliphatic rings. The zero-order valence-corrected chi connectivity index (χ0v) is 17.6. The number of rotatable bonds is 9. The number of aromatic nitrogens is 4. The summed E-state index contributed by atoms with van der Waals surface area (Å²) >= 11 is 1.07. The molecular weight excluding hydrogens is 422 g/mol. The highest BCUT2D eigenvalue weighted by atomic mass is 32.1. The van der Waals surface area contributed by atoms with Crippen molar-refractivity contribution in [3.8, 4) is 17.4 Å². The van der Waals surface area contributed by atoms with Gasteiger partial charge in [0.1, 0.15) is 17.3 Å². The van der Waals surface area contributed by atoms with Crippen LogP contribution in [0.4, 0.5) is 0 Å². The van der Waals surface area contributed by atoms with Gasteiger partial charge in [-0.2, -0.15) is 4.37 Å².